The first-order valence-electron chi connectivity index (χ1n) is 4.23. The van der Waals surface area contributed by atoms with Gasteiger partial charge in [-0.2, -0.15) is 0 Å². The molecule has 0 bridgehead atoms. The molecule has 2 nitrogen and oxygen atoms in total. The number of carbonyl (C=O) groups is 1. The van der Waals surface area contributed by atoms with Crippen molar-refractivity contribution in [1.82, 2.24) is 0 Å². The average molecular weight is 167 g/mol. The Labute approximate surface area is 74.5 Å². The fourth-order valence-electron chi connectivity index (χ4n) is 0.837. The third-order valence-corrected chi connectivity index (χ3v) is 2.33. The largest absolute Gasteiger partial charge is 0.329 e. The Morgan fingerprint density at radius 1 is 1.58 bits per heavy atom. The standard InChI is InChI=1S/C10H17NO/c1-4-6-7-9(12)10(3,5-2)8-11/h5,7-8,11H2,1-3H3. The van der Waals surface area contributed by atoms with E-state index in [4.69, 9.17) is 5.73 Å². The Kier molecular flexibility index (Phi) is 4.61. The van der Waals surface area contributed by atoms with Crippen molar-refractivity contribution in [2.24, 2.45) is 11.1 Å². The summed E-state index contributed by atoms with van der Waals surface area (Å²) < 4.78 is 0. The van der Waals surface area contributed by atoms with Crippen LogP contribution in [0.4, 0.5) is 0 Å². The molecule has 68 valence electrons. The van der Waals surface area contributed by atoms with E-state index in [9.17, 15) is 4.79 Å². The van der Waals surface area contributed by atoms with Crippen molar-refractivity contribution in [2.45, 2.75) is 33.6 Å². The van der Waals surface area contributed by atoms with Crippen LogP contribution in [0.3, 0.4) is 0 Å². The number of hydrogen-bond acceptors (Lipinski definition) is 2. The number of hydrogen-bond donors (Lipinski definition) is 1. The van der Waals surface area contributed by atoms with Crippen LogP contribution in [-0.4, -0.2) is 12.3 Å². The van der Waals surface area contributed by atoms with E-state index >= 15 is 0 Å². The van der Waals surface area contributed by atoms with Gasteiger partial charge in [0.2, 0.25) is 0 Å². The fraction of sp³-hybridized carbons (Fsp3) is 0.700. The van der Waals surface area contributed by atoms with E-state index in [1.807, 2.05) is 13.8 Å². The molecule has 0 spiro atoms. The number of Topliss-reactive ketones (excluding diaryl/α,β-unsaturated/α-hetero) is 1. The summed E-state index contributed by atoms with van der Waals surface area (Å²) in [5.41, 5.74) is 5.15. The molecule has 0 rings (SSSR count). The maximum atomic E-state index is 11.5. The second-order valence-corrected chi connectivity index (χ2v) is 3.15. The van der Waals surface area contributed by atoms with Crippen LogP contribution in [0.5, 0.6) is 0 Å². The number of nitrogens with two attached hydrogens (primary N) is 1. The second kappa shape index (κ2) is 4.95. The molecule has 12 heavy (non-hydrogen) atoms. The Morgan fingerprint density at radius 2 is 2.17 bits per heavy atom. The first-order valence-corrected chi connectivity index (χ1v) is 4.23. The van der Waals surface area contributed by atoms with Crippen LogP contribution in [0.15, 0.2) is 0 Å². The molecule has 0 aromatic rings. The van der Waals surface area contributed by atoms with Gasteiger partial charge in [-0.25, -0.2) is 0 Å². The number of rotatable bonds is 4. The molecule has 1 unspecified atom stereocenters. The van der Waals surface area contributed by atoms with E-state index < -0.39 is 0 Å². The Hall–Kier alpha value is -0.810. The highest BCUT2D eigenvalue weighted by Crippen LogP contribution is 2.21. The minimum atomic E-state index is -0.371. The van der Waals surface area contributed by atoms with Crippen molar-refractivity contribution in [3.8, 4) is 11.8 Å². The quantitative estimate of drug-likeness (QED) is 0.642. The van der Waals surface area contributed by atoms with Crippen LogP contribution in [0.25, 0.3) is 0 Å². The molecule has 0 saturated heterocycles. The zero-order valence-electron chi connectivity index (χ0n) is 8.11. The molecule has 0 aliphatic rings. The SMILES string of the molecule is CC#CCC(=O)C(C)(CC)CN. The normalized spacial score (nSPS) is 14.3. The third-order valence-electron chi connectivity index (χ3n) is 2.33. The van der Waals surface area contributed by atoms with Gasteiger partial charge in [0.25, 0.3) is 0 Å². The maximum absolute atomic E-state index is 11.5. The zero-order valence-corrected chi connectivity index (χ0v) is 8.11. The summed E-state index contributed by atoms with van der Waals surface area (Å²) in [7, 11) is 0. The molecule has 0 saturated carbocycles. The van der Waals surface area contributed by atoms with Crippen LogP contribution in [0.2, 0.25) is 0 Å². The molecule has 0 radical (unpaired) electrons. The highest BCUT2D eigenvalue weighted by atomic mass is 16.1. The summed E-state index contributed by atoms with van der Waals surface area (Å²) in [6.07, 6.45) is 1.12. The van der Waals surface area contributed by atoms with Gasteiger partial charge in [0, 0.05) is 12.0 Å². The van der Waals surface area contributed by atoms with Crippen LogP contribution >= 0.6 is 0 Å². The third kappa shape index (κ3) is 2.67. The van der Waals surface area contributed by atoms with Gasteiger partial charge in [0.05, 0.1) is 6.42 Å². The smallest absolute Gasteiger partial charge is 0.151 e. The molecular weight excluding hydrogens is 150 g/mol. The topological polar surface area (TPSA) is 43.1 Å². The van der Waals surface area contributed by atoms with E-state index in [0.717, 1.165) is 6.42 Å². The van der Waals surface area contributed by atoms with Crippen molar-refractivity contribution < 1.29 is 4.79 Å². The minimum absolute atomic E-state index is 0.154. The van der Waals surface area contributed by atoms with E-state index in [1.165, 1.54) is 0 Å². The van der Waals surface area contributed by atoms with Crippen molar-refractivity contribution in [3.63, 3.8) is 0 Å². The Morgan fingerprint density at radius 3 is 2.50 bits per heavy atom. The molecule has 0 fully saturated rings. The van der Waals surface area contributed by atoms with E-state index in [0.29, 0.717) is 13.0 Å². The molecule has 2 heteroatoms. The van der Waals surface area contributed by atoms with Gasteiger partial charge < -0.3 is 5.73 Å². The fourth-order valence-corrected chi connectivity index (χ4v) is 0.837. The summed E-state index contributed by atoms with van der Waals surface area (Å²) in [6.45, 7) is 6.02. The highest BCUT2D eigenvalue weighted by molar-refractivity contribution is 5.86. The van der Waals surface area contributed by atoms with Crippen LogP contribution in [0.1, 0.15) is 33.6 Å². The minimum Gasteiger partial charge on any atom is -0.329 e. The van der Waals surface area contributed by atoms with Crippen molar-refractivity contribution in [3.05, 3.63) is 0 Å². The van der Waals surface area contributed by atoms with Gasteiger partial charge in [-0.15, -0.1) is 5.92 Å². The zero-order chi connectivity index (χ0) is 9.61. The lowest BCUT2D eigenvalue weighted by Gasteiger charge is -2.23. The first kappa shape index (κ1) is 11.2. The van der Waals surface area contributed by atoms with Crippen LogP contribution in [0, 0.1) is 17.3 Å². The lowest BCUT2D eigenvalue weighted by atomic mass is 9.82. The summed E-state index contributed by atoms with van der Waals surface area (Å²) in [6, 6.07) is 0. The molecule has 0 aromatic heterocycles. The van der Waals surface area contributed by atoms with Gasteiger partial charge in [-0.05, 0) is 13.3 Å². The second-order valence-electron chi connectivity index (χ2n) is 3.15. The van der Waals surface area contributed by atoms with Crippen LogP contribution in [-0.2, 0) is 4.79 Å². The van der Waals surface area contributed by atoms with Crippen molar-refractivity contribution >= 4 is 5.78 Å². The maximum Gasteiger partial charge on any atom is 0.151 e. The summed E-state index contributed by atoms with van der Waals surface area (Å²) in [4.78, 5) is 11.5. The molecular formula is C10H17NO. The van der Waals surface area contributed by atoms with Crippen LogP contribution < -0.4 is 5.73 Å². The average Bonchev–Trinajstić information content (AvgIpc) is 2.12. The highest BCUT2D eigenvalue weighted by Gasteiger charge is 2.28. The number of ketones is 1. The summed E-state index contributed by atoms with van der Waals surface area (Å²) in [5, 5.41) is 0. The molecule has 0 aliphatic carbocycles. The summed E-state index contributed by atoms with van der Waals surface area (Å²) in [5.74, 6) is 5.63. The Balaban J connectivity index is 4.28. The Bertz CT molecular complexity index is 206. The van der Waals surface area contributed by atoms with Gasteiger partial charge >= 0.3 is 0 Å². The molecule has 0 aromatic carbocycles. The van der Waals surface area contributed by atoms with E-state index in [2.05, 4.69) is 11.8 Å². The van der Waals surface area contributed by atoms with Crippen molar-refractivity contribution in [1.29, 1.82) is 0 Å². The monoisotopic (exact) mass is 167 g/mol. The first-order chi connectivity index (χ1) is 5.60. The molecule has 1 atom stereocenters. The predicted molar refractivity (Wildman–Crippen MR) is 50.5 cm³/mol. The summed E-state index contributed by atoms with van der Waals surface area (Å²) >= 11 is 0. The van der Waals surface area contributed by atoms with Gasteiger partial charge in [0.1, 0.15) is 0 Å². The lowest BCUT2D eigenvalue weighted by Crippen LogP contribution is -2.34. The predicted octanol–water partition coefficient (Wildman–Crippen LogP) is 1.34. The van der Waals surface area contributed by atoms with Gasteiger partial charge in [-0.3, -0.25) is 4.79 Å². The van der Waals surface area contributed by atoms with Gasteiger partial charge in [0.15, 0.2) is 5.78 Å². The van der Waals surface area contributed by atoms with Crippen molar-refractivity contribution in [2.75, 3.05) is 6.54 Å². The van der Waals surface area contributed by atoms with E-state index in [-0.39, 0.29) is 11.2 Å². The molecule has 0 heterocycles. The lowest BCUT2D eigenvalue weighted by molar-refractivity contribution is -0.126. The molecule has 0 aliphatic heterocycles. The number of carbonyl (C=O) groups excluding carboxylic acids is 1. The van der Waals surface area contributed by atoms with Gasteiger partial charge in [-0.1, -0.05) is 19.8 Å². The molecule has 2 N–H and O–H groups in total. The van der Waals surface area contributed by atoms with E-state index in [1.54, 1.807) is 6.92 Å². The molecule has 0 amide bonds.